The van der Waals surface area contributed by atoms with Crippen LogP contribution in [0.15, 0.2) is 17.8 Å². The smallest absolute Gasteiger partial charge is 0.167 e. The van der Waals surface area contributed by atoms with Crippen LogP contribution in [0.2, 0.25) is 0 Å². The molecule has 4 atom stereocenters. The lowest BCUT2D eigenvalue weighted by Crippen LogP contribution is -2.42. The lowest BCUT2D eigenvalue weighted by Gasteiger charge is -2.27. The summed E-state index contributed by atoms with van der Waals surface area (Å²) in [5, 5.41) is 23.3. The van der Waals surface area contributed by atoms with Crippen LogP contribution in [0.1, 0.15) is 13.2 Å². The maximum Gasteiger partial charge on any atom is 0.167 e. The Hall–Kier alpha value is -2.46. The summed E-state index contributed by atoms with van der Waals surface area (Å²) in [5.74, 6) is 0.200. The van der Waals surface area contributed by atoms with Gasteiger partial charge in [0.05, 0.1) is 19.0 Å². The average molecular weight is 306 g/mol. The fourth-order valence-corrected chi connectivity index (χ4v) is 2.64. The summed E-state index contributed by atoms with van der Waals surface area (Å²) in [5.41, 5.74) is 13.9. The van der Waals surface area contributed by atoms with E-state index in [9.17, 15) is 10.2 Å². The summed E-state index contributed by atoms with van der Waals surface area (Å²) in [4.78, 5) is 14.8. The van der Waals surface area contributed by atoms with E-state index in [0.717, 1.165) is 0 Å². The average Bonchev–Trinajstić information content (AvgIpc) is 3.02. The van der Waals surface area contributed by atoms with E-state index in [0.29, 0.717) is 11.2 Å². The molecule has 11 nitrogen and oxygen atoms in total. The molecule has 0 aromatic carbocycles. The second-order valence-electron chi connectivity index (χ2n) is 5.15. The van der Waals surface area contributed by atoms with Gasteiger partial charge in [0.25, 0.3) is 0 Å². The van der Waals surface area contributed by atoms with Crippen molar-refractivity contribution in [2.75, 3.05) is 12.3 Å². The lowest BCUT2D eigenvalue weighted by atomic mass is 9.93. The SMILES string of the molecule is C[C@]1(N=[N+]=[N-])C(n2cnc3c(N)ncnc32)O[C@H](CO)[C@H]1O. The maximum atomic E-state index is 10.3. The standard InChI is InChI=1S/C11H14N8O3/c1-11(17-18-13)7(21)5(2-20)22-10(11)19-4-16-6-8(12)14-3-15-9(6)19/h3-5,7,10,20-21H,2H2,1H3,(H2,12,14,15)/t5-,7-,10?,11-/m1/s1. The van der Waals surface area contributed by atoms with Crippen molar-refractivity contribution in [3.8, 4) is 0 Å². The highest BCUT2D eigenvalue weighted by molar-refractivity contribution is 5.81. The molecule has 2 aromatic rings. The van der Waals surface area contributed by atoms with Gasteiger partial charge in [0.2, 0.25) is 0 Å². The molecule has 1 fully saturated rings. The van der Waals surface area contributed by atoms with E-state index >= 15 is 0 Å². The number of azide groups is 1. The van der Waals surface area contributed by atoms with Gasteiger partial charge in [-0.1, -0.05) is 5.11 Å². The van der Waals surface area contributed by atoms with Crippen LogP contribution in [0.25, 0.3) is 21.6 Å². The Bertz CT molecular complexity index is 757. The summed E-state index contributed by atoms with van der Waals surface area (Å²) >= 11 is 0. The Kier molecular flexibility index (Phi) is 3.34. The van der Waals surface area contributed by atoms with Crippen LogP contribution in [-0.4, -0.2) is 54.1 Å². The van der Waals surface area contributed by atoms with Gasteiger partial charge in [0.15, 0.2) is 17.7 Å². The Labute approximate surface area is 124 Å². The molecule has 3 heterocycles. The Balaban J connectivity index is 2.16. The molecule has 2 aromatic heterocycles. The first kappa shape index (κ1) is 14.5. The number of rotatable bonds is 3. The summed E-state index contributed by atoms with van der Waals surface area (Å²) < 4.78 is 7.14. The van der Waals surface area contributed by atoms with Crippen molar-refractivity contribution in [3.63, 3.8) is 0 Å². The normalized spacial score (nSPS) is 31.3. The minimum absolute atomic E-state index is 0.200. The number of ether oxygens (including phenoxy) is 1. The van der Waals surface area contributed by atoms with Gasteiger partial charge in [-0.15, -0.1) is 0 Å². The van der Waals surface area contributed by atoms with Gasteiger partial charge in [-0.25, -0.2) is 15.0 Å². The Morgan fingerprint density at radius 3 is 3.00 bits per heavy atom. The van der Waals surface area contributed by atoms with E-state index in [1.165, 1.54) is 24.1 Å². The van der Waals surface area contributed by atoms with Crippen LogP contribution in [0, 0.1) is 0 Å². The fourth-order valence-electron chi connectivity index (χ4n) is 2.64. The van der Waals surface area contributed by atoms with Crippen molar-refractivity contribution in [3.05, 3.63) is 23.1 Å². The molecule has 22 heavy (non-hydrogen) atoms. The molecular weight excluding hydrogens is 292 g/mol. The van der Waals surface area contributed by atoms with Crippen LogP contribution in [0.3, 0.4) is 0 Å². The van der Waals surface area contributed by atoms with Crippen molar-refractivity contribution in [1.82, 2.24) is 19.5 Å². The number of aromatic nitrogens is 4. The predicted molar refractivity (Wildman–Crippen MR) is 74.3 cm³/mol. The monoisotopic (exact) mass is 306 g/mol. The number of nitrogens with zero attached hydrogens (tertiary/aromatic N) is 7. The zero-order valence-corrected chi connectivity index (χ0v) is 11.6. The number of anilines is 1. The van der Waals surface area contributed by atoms with E-state index in [1.54, 1.807) is 0 Å². The van der Waals surface area contributed by atoms with E-state index < -0.39 is 30.6 Å². The first-order chi connectivity index (χ1) is 10.5. The zero-order valence-electron chi connectivity index (χ0n) is 11.6. The van der Waals surface area contributed by atoms with Crippen molar-refractivity contribution < 1.29 is 14.9 Å². The predicted octanol–water partition coefficient (Wildman–Crippen LogP) is -0.272. The van der Waals surface area contributed by atoms with E-state index in [2.05, 4.69) is 25.0 Å². The molecule has 116 valence electrons. The van der Waals surface area contributed by atoms with Crippen LogP contribution in [-0.2, 0) is 4.74 Å². The highest BCUT2D eigenvalue weighted by atomic mass is 16.5. The van der Waals surface area contributed by atoms with Gasteiger partial charge in [-0.05, 0) is 12.5 Å². The molecule has 0 bridgehead atoms. The van der Waals surface area contributed by atoms with Gasteiger partial charge >= 0.3 is 0 Å². The number of fused-ring (bicyclic) bond motifs is 1. The molecule has 11 heteroatoms. The molecular formula is C11H14N8O3. The summed E-state index contributed by atoms with van der Waals surface area (Å²) in [6.07, 6.45) is -0.282. The number of hydrogen-bond donors (Lipinski definition) is 3. The summed E-state index contributed by atoms with van der Waals surface area (Å²) in [6, 6.07) is 0. The number of imidazole rings is 1. The molecule has 1 saturated heterocycles. The van der Waals surface area contributed by atoms with Gasteiger partial charge in [0.1, 0.15) is 23.5 Å². The van der Waals surface area contributed by atoms with E-state index in [-0.39, 0.29) is 5.82 Å². The van der Waals surface area contributed by atoms with Gasteiger partial charge in [-0.3, -0.25) is 4.57 Å². The lowest BCUT2D eigenvalue weighted by molar-refractivity contribution is -0.0455. The highest BCUT2D eigenvalue weighted by Gasteiger charge is 2.54. The van der Waals surface area contributed by atoms with Crippen molar-refractivity contribution in [2.45, 2.75) is 30.9 Å². The third-order valence-corrected chi connectivity index (χ3v) is 3.83. The third kappa shape index (κ3) is 1.88. The molecule has 0 aliphatic carbocycles. The second-order valence-corrected chi connectivity index (χ2v) is 5.15. The molecule has 0 spiro atoms. The largest absolute Gasteiger partial charge is 0.394 e. The van der Waals surface area contributed by atoms with Gasteiger partial charge in [0, 0.05) is 4.91 Å². The van der Waals surface area contributed by atoms with Gasteiger partial charge < -0.3 is 20.7 Å². The minimum Gasteiger partial charge on any atom is -0.394 e. The summed E-state index contributed by atoms with van der Waals surface area (Å²) in [6.45, 7) is 1.12. The Morgan fingerprint density at radius 1 is 1.55 bits per heavy atom. The number of nitrogen functional groups attached to an aromatic ring is 1. The summed E-state index contributed by atoms with van der Waals surface area (Å²) in [7, 11) is 0. The number of aliphatic hydroxyl groups is 2. The minimum atomic E-state index is -1.34. The topological polar surface area (TPSA) is 168 Å². The van der Waals surface area contributed by atoms with Crippen LogP contribution in [0.5, 0.6) is 0 Å². The van der Waals surface area contributed by atoms with Crippen LogP contribution < -0.4 is 5.73 Å². The van der Waals surface area contributed by atoms with E-state index in [1.807, 2.05) is 0 Å². The molecule has 1 aliphatic heterocycles. The number of aliphatic hydroxyl groups excluding tert-OH is 2. The first-order valence-electron chi connectivity index (χ1n) is 6.46. The molecule has 3 rings (SSSR count). The quantitative estimate of drug-likeness (QED) is 0.398. The Morgan fingerprint density at radius 2 is 2.32 bits per heavy atom. The maximum absolute atomic E-state index is 10.3. The molecule has 4 N–H and O–H groups in total. The molecule has 1 aliphatic rings. The van der Waals surface area contributed by atoms with Crippen molar-refractivity contribution in [2.24, 2.45) is 5.11 Å². The van der Waals surface area contributed by atoms with Crippen molar-refractivity contribution in [1.29, 1.82) is 0 Å². The molecule has 0 amide bonds. The second kappa shape index (κ2) is 5.07. The van der Waals surface area contributed by atoms with Gasteiger partial charge in [-0.2, -0.15) is 0 Å². The first-order valence-corrected chi connectivity index (χ1v) is 6.46. The number of nitrogens with two attached hydrogens (primary N) is 1. The van der Waals surface area contributed by atoms with Crippen LogP contribution >= 0.6 is 0 Å². The highest BCUT2D eigenvalue weighted by Crippen LogP contribution is 2.42. The number of hydrogen-bond acceptors (Lipinski definition) is 8. The third-order valence-electron chi connectivity index (χ3n) is 3.83. The molecule has 0 saturated carbocycles. The zero-order chi connectivity index (χ0) is 15.9. The molecule has 0 radical (unpaired) electrons. The fraction of sp³-hybridized carbons (Fsp3) is 0.545. The van der Waals surface area contributed by atoms with Crippen molar-refractivity contribution >= 4 is 17.0 Å². The van der Waals surface area contributed by atoms with E-state index in [4.69, 9.17) is 16.0 Å². The molecule has 1 unspecified atom stereocenters. The van der Waals surface area contributed by atoms with Crippen LogP contribution in [0.4, 0.5) is 5.82 Å².